The third-order valence-electron chi connectivity index (χ3n) is 15.1. The van der Waals surface area contributed by atoms with Gasteiger partial charge in [-0.1, -0.05) is 78.0 Å². The minimum Gasteiger partial charge on any atom is -0.460 e. The summed E-state index contributed by atoms with van der Waals surface area (Å²) in [6.07, 6.45) is 6.36. The average molecular weight is 977 g/mol. The number of rotatable bonds is 9. The van der Waals surface area contributed by atoms with Crippen molar-refractivity contribution in [1.29, 1.82) is 0 Å². The predicted octanol–water partition coefficient (Wildman–Crippen LogP) is 6.44. The molecule has 1 amide bonds. The van der Waals surface area contributed by atoms with E-state index in [1.807, 2.05) is 6.92 Å². The Kier molecular flexibility index (Phi) is 20.1. The number of aliphatic hydroxyl groups excluding tert-OH is 2. The largest absolute Gasteiger partial charge is 0.460 e. The fourth-order valence-corrected chi connectivity index (χ4v) is 10.2. The number of nitrogens with zero attached hydrogens (tertiary/aromatic N) is 1. The topological polar surface area (TPSA) is 205 Å². The second-order valence-corrected chi connectivity index (χ2v) is 20.0. The number of amides is 1. The van der Waals surface area contributed by atoms with E-state index in [0.29, 0.717) is 37.7 Å². The highest BCUT2D eigenvalue weighted by Gasteiger charge is 2.53. The molecule has 16 atom stereocenters. The number of hydrogen-bond donors (Lipinski definition) is 3. The number of hydrogen-bond acceptors (Lipinski definition) is 14. The number of carbonyl (C=O) groups excluding carboxylic acids is 5. The van der Waals surface area contributed by atoms with Gasteiger partial charge < -0.3 is 48.6 Å². The number of esters is 1. The number of fused-ring (bicyclic) bond motifs is 3. The zero-order chi connectivity index (χ0) is 55.5. The number of piperidine rings is 1. The van der Waals surface area contributed by atoms with Crippen molar-refractivity contribution in [1.82, 2.24) is 4.90 Å². The molecule has 15 nitrogen and oxygen atoms in total. The van der Waals surface area contributed by atoms with Gasteiger partial charge in [-0.15, -0.1) is 0 Å². The lowest BCUT2D eigenvalue weighted by Crippen LogP contribution is -2.61. The Morgan fingerprint density at radius 3 is 2.33 bits per heavy atom. The Hall–Kier alpha value is -3.41. The van der Waals surface area contributed by atoms with Crippen LogP contribution in [0, 0.1) is 41.4 Å². The molecule has 0 aromatic carbocycles. The molecule has 0 radical (unpaired) electrons. The highest BCUT2D eigenvalue weighted by atomic mass is 16.6. The van der Waals surface area contributed by atoms with Crippen molar-refractivity contribution in [2.24, 2.45) is 41.4 Å². The number of ketones is 3. The van der Waals surface area contributed by atoms with Gasteiger partial charge in [0.25, 0.3) is 11.7 Å². The number of aliphatic hydroxyl groups is 3. The van der Waals surface area contributed by atoms with Gasteiger partial charge in [0.15, 0.2) is 5.78 Å². The summed E-state index contributed by atoms with van der Waals surface area (Å²) in [5.74, 6) is -13.6. The summed E-state index contributed by atoms with van der Waals surface area (Å²) < 4.78 is 77.3. The molecule has 15 heteroatoms. The van der Waals surface area contributed by atoms with Crippen LogP contribution in [-0.2, 0) is 52.4 Å². The molecular formula is C54H85NO14. The van der Waals surface area contributed by atoms with Gasteiger partial charge in [0.2, 0.25) is 5.79 Å². The molecule has 1 unspecified atom stereocenters. The summed E-state index contributed by atoms with van der Waals surface area (Å²) in [6, 6.07) is -1.25. The molecule has 2 bridgehead atoms. The first-order valence-electron chi connectivity index (χ1n) is 27.4. The number of cyclic esters (lactones) is 1. The second kappa shape index (κ2) is 27.4. The average Bonchev–Trinajstić information content (AvgIpc) is 3.34. The van der Waals surface area contributed by atoms with Crippen molar-refractivity contribution in [2.75, 3.05) is 41.0 Å². The molecule has 3 heterocycles. The van der Waals surface area contributed by atoms with Crippen LogP contribution < -0.4 is 0 Å². The minimum atomic E-state index is -2.86. The Balaban J connectivity index is 1.78. The van der Waals surface area contributed by atoms with Crippen molar-refractivity contribution in [3.05, 3.63) is 47.6 Å². The molecule has 2 saturated heterocycles. The molecule has 0 aromatic heterocycles. The summed E-state index contributed by atoms with van der Waals surface area (Å²) >= 11 is 0. The van der Waals surface area contributed by atoms with Gasteiger partial charge >= 0.3 is 5.97 Å². The van der Waals surface area contributed by atoms with E-state index in [9.17, 15) is 42.0 Å². The van der Waals surface area contributed by atoms with E-state index >= 15 is 0 Å². The third kappa shape index (κ3) is 15.3. The quantitative estimate of drug-likeness (QED) is 0.129. The molecule has 390 valence electrons. The van der Waals surface area contributed by atoms with E-state index < -0.39 is 108 Å². The monoisotopic (exact) mass is 977 g/mol. The Labute approximate surface area is 418 Å². The van der Waals surface area contributed by atoms with E-state index in [2.05, 4.69) is 0 Å². The van der Waals surface area contributed by atoms with Crippen molar-refractivity contribution in [3.63, 3.8) is 0 Å². The predicted molar refractivity (Wildman–Crippen MR) is 261 cm³/mol. The van der Waals surface area contributed by atoms with E-state index in [1.54, 1.807) is 53.0 Å². The van der Waals surface area contributed by atoms with E-state index in [0.717, 1.165) is 11.3 Å². The lowest BCUT2D eigenvalue weighted by Gasteiger charge is -2.42. The Bertz CT molecular complexity index is 2060. The molecule has 4 aliphatic rings. The fourth-order valence-electron chi connectivity index (χ4n) is 10.2. The summed E-state index contributed by atoms with van der Waals surface area (Å²) in [4.78, 5) is 72.8. The first kappa shape index (κ1) is 50.5. The number of Topliss-reactive ketones (excluding diaryl/α,β-unsaturated/α-hetero) is 3. The van der Waals surface area contributed by atoms with Gasteiger partial charge in [-0.3, -0.25) is 19.2 Å². The summed E-state index contributed by atoms with van der Waals surface area (Å²) in [7, 11) is -0.0123. The van der Waals surface area contributed by atoms with Crippen LogP contribution in [0.3, 0.4) is 0 Å². The lowest BCUT2D eigenvalue weighted by molar-refractivity contribution is -0.265. The number of carbonyl (C=O) groups is 5. The van der Waals surface area contributed by atoms with Crippen LogP contribution in [0.5, 0.6) is 0 Å². The maximum Gasteiger partial charge on any atom is 0.329 e. The van der Waals surface area contributed by atoms with Gasteiger partial charge in [0, 0.05) is 61.1 Å². The zero-order valence-corrected chi connectivity index (χ0v) is 42.6. The molecule has 1 aliphatic carbocycles. The maximum atomic E-state index is 14.5. The first-order valence-corrected chi connectivity index (χ1v) is 24.9. The minimum absolute atomic E-state index is 0.00613. The van der Waals surface area contributed by atoms with Crippen LogP contribution in [0.25, 0.3) is 0 Å². The normalized spacial score (nSPS) is 43.2. The smallest absolute Gasteiger partial charge is 0.329 e. The Morgan fingerprint density at radius 2 is 1.65 bits per heavy atom. The van der Waals surface area contributed by atoms with Gasteiger partial charge in [-0.2, -0.15) is 0 Å². The second-order valence-electron chi connectivity index (χ2n) is 20.0. The maximum absolute atomic E-state index is 14.5. The highest BCUT2D eigenvalue weighted by molar-refractivity contribution is 6.39. The summed E-state index contributed by atoms with van der Waals surface area (Å²) in [6.45, 7) is 12.7. The van der Waals surface area contributed by atoms with Crippen LogP contribution in [0.1, 0.15) is 133 Å². The number of allylic oxidation sites excluding steroid dienone is 6. The molecule has 1 saturated carbocycles. The van der Waals surface area contributed by atoms with Crippen LogP contribution >= 0.6 is 0 Å². The van der Waals surface area contributed by atoms with Crippen molar-refractivity contribution in [2.45, 2.75) is 181 Å². The molecule has 3 fully saturated rings. The summed E-state index contributed by atoms with van der Waals surface area (Å²) in [5, 5.41) is 33.0. The van der Waals surface area contributed by atoms with Crippen LogP contribution in [-0.4, -0.2) is 145 Å². The number of methoxy groups -OCH3 is 3. The lowest BCUT2D eigenvalue weighted by atomic mass is 9.78. The molecule has 0 aromatic rings. The number of ether oxygens (including phenoxy) is 6. The van der Waals surface area contributed by atoms with Crippen LogP contribution in [0.15, 0.2) is 47.6 Å². The Morgan fingerprint density at radius 1 is 0.913 bits per heavy atom. The standard InChI is InChI=1S/C54H85NO14/c1-32-17-13-12-14-18-33(2)45(64-9)30-41-22-20-37(6)54(63,69-41)51(60)52(61)55-24-16-15-19-42(55)53(62)68-46(35(4)28-40-21-23-44(67-26-25-56)47(29-40)65-10)31-43(57)34(3)27-36(5)48(58)50(66-11)49(59)39(8)38(32)7/h12-14,17-18,27,32,34-35,37-42,44-48,50,56,58,63H,15-16,19-26,28-31H2,1-11H3/b14-12+,17-13+,33-18+,36-27+/t32-,34-,35-,37-,38?,39-,40+,41+,42+,44-,45+,46+,47-,48-,50-,54-/m1/s1/i9D3,32D,38D. The van der Waals surface area contributed by atoms with Gasteiger partial charge in [-0.05, 0) is 106 Å². The molecule has 3 aliphatic heterocycles. The van der Waals surface area contributed by atoms with E-state index in [-0.39, 0.29) is 81.3 Å². The highest BCUT2D eigenvalue weighted by Crippen LogP contribution is 2.38. The van der Waals surface area contributed by atoms with Crippen molar-refractivity contribution >= 4 is 29.2 Å². The van der Waals surface area contributed by atoms with E-state index in [1.165, 1.54) is 46.1 Å². The van der Waals surface area contributed by atoms with Crippen molar-refractivity contribution in [3.8, 4) is 0 Å². The van der Waals surface area contributed by atoms with Crippen molar-refractivity contribution < 1.29 is 74.6 Å². The molecule has 69 heavy (non-hydrogen) atoms. The summed E-state index contributed by atoms with van der Waals surface area (Å²) in [5.41, 5.74) is 0.670. The zero-order valence-electron chi connectivity index (χ0n) is 47.6. The first-order chi connectivity index (χ1) is 34.5. The SMILES string of the molecule is [2H]C([2H])([2H])O[C@H]1C[C@@H]2CC[C@@H](C)[C@@](O)(O2)C(=O)C(=O)N2CCCC[C@H]2C(=O)O[C@H]([C@H](C)C[C@@H]2CC[C@@H](OCCO)[C@H](OC)C2)CC(=O)[C@H](C)/C=C(\C)[C@@H](O)[C@@H](OC)C(=O)[C@H](C)C([2H])(C)[C@]([2H])(C)/C=C/C=C/C=C/1C. The molecule has 0 spiro atoms. The molecule has 4 rings (SSSR count). The van der Waals surface area contributed by atoms with Gasteiger partial charge in [-0.25, -0.2) is 4.79 Å². The van der Waals surface area contributed by atoms with Gasteiger partial charge in [0.1, 0.15) is 30.1 Å². The van der Waals surface area contributed by atoms with Crippen LogP contribution in [0.4, 0.5) is 0 Å². The fraction of sp³-hybridized carbons (Fsp3) is 0.759. The molecule has 3 N–H and O–H groups in total. The van der Waals surface area contributed by atoms with Gasteiger partial charge in [0.05, 0.1) is 41.7 Å². The third-order valence-corrected chi connectivity index (χ3v) is 15.1. The van der Waals surface area contributed by atoms with Crippen LogP contribution in [0.2, 0.25) is 0 Å². The molecular weight excluding hydrogens is 887 g/mol. The van der Waals surface area contributed by atoms with E-state index in [4.69, 9.17) is 32.5 Å².